The first-order chi connectivity index (χ1) is 8.68. The summed E-state index contributed by atoms with van der Waals surface area (Å²) >= 11 is 0. The van der Waals surface area contributed by atoms with Gasteiger partial charge in [0.2, 0.25) is 0 Å². The molecule has 1 aliphatic carbocycles. The van der Waals surface area contributed by atoms with Crippen molar-refractivity contribution in [1.29, 1.82) is 0 Å². The van der Waals surface area contributed by atoms with Crippen molar-refractivity contribution in [3.63, 3.8) is 0 Å². The first-order valence-electron chi connectivity index (χ1n) is 6.93. The van der Waals surface area contributed by atoms with E-state index in [1.165, 1.54) is 47.7 Å². The molecule has 1 aromatic carbocycles. The van der Waals surface area contributed by atoms with E-state index in [1.54, 1.807) is 0 Å². The van der Waals surface area contributed by atoms with Crippen LogP contribution in [0.3, 0.4) is 0 Å². The second-order valence-corrected chi connectivity index (χ2v) is 5.81. The highest BCUT2D eigenvalue weighted by Crippen LogP contribution is 2.44. The highest BCUT2D eigenvalue weighted by molar-refractivity contribution is 5.88. The first-order valence-corrected chi connectivity index (χ1v) is 6.93. The molecule has 0 unspecified atom stereocenters. The van der Waals surface area contributed by atoms with Gasteiger partial charge in [0, 0.05) is 36.1 Å². The van der Waals surface area contributed by atoms with Gasteiger partial charge in [-0.2, -0.15) is 0 Å². The standard InChI is InChI=1S/C16H22N2/c1-12-6-5-7-14-15(12)13(10-18(14)2)16(11-17)8-3-4-9-16/h5-7,10H,3-4,8-9,11,17H2,1-2H3. The van der Waals surface area contributed by atoms with Gasteiger partial charge in [0.25, 0.3) is 0 Å². The van der Waals surface area contributed by atoms with Crippen molar-refractivity contribution in [1.82, 2.24) is 4.57 Å². The zero-order chi connectivity index (χ0) is 12.8. The normalized spacial score (nSPS) is 18.6. The van der Waals surface area contributed by atoms with Crippen LogP contribution in [-0.2, 0) is 12.5 Å². The molecule has 2 N–H and O–H groups in total. The second kappa shape index (κ2) is 4.13. The van der Waals surface area contributed by atoms with Crippen LogP contribution in [0.25, 0.3) is 10.9 Å². The Kier molecular flexibility index (Phi) is 2.70. The van der Waals surface area contributed by atoms with Crippen molar-refractivity contribution in [2.75, 3.05) is 6.54 Å². The van der Waals surface area contributed by atoms with Crippen molar-refractivity contribution in [2.45, 2.75) is 38.0 Å². The number of hydrogen-bond acceptors (Lipinski definition) is 1. The fraction of sp³-hybridized carbons (Fsp3) is 0.500. The Morgan fingerprint density at radius 1 is 1.28 bits per heavy atom. The van der Waals surface area contributed by atoms with Gasteiger partial charge in [-0.3, -0.25) is 0 Å². The summed E-state index contributed by atoms with van der Waals surface area (Å²) in [6, 6.07) is 6.57. The minimum atomic E-state index is 0.228. The van der Waals surface area contributed by atoms with Gasteiger partial charge >= 0.3 is 0 Å². The number of nitrogens with two attached hydrogens (primary N) is 1. The lowest BCUT2D eigenvalue weighted by Crippen LogP contribution is -2.31. The van der Waals surface area contributed by atoms with Crippen LogP contribution in [0.2, 0.25) is 0 Å². The summed E-state index contributed by atoms with van der Waals surface area (Å²) in [5.74, 6) is 0. The number of rotatable bonds is 2. The molecule has 3 rings (SSSR count). The average molecular weight is 242 g/mol. The van der Waals surface area contributed by atoms with Crippen molar-refractivity contribution in [3.8, 4) is 0 Å². The van der Waals surface area contributed by atoms with E-state index < -0.39 is 0 Å². The maximum atomic E-state index is 6.14. The van der Waals surface area contributed by atoms with Crippen molar-refractivity contribution in [3.05, 3.63) is 35.5 Å². The Bertz CT molecular complexity index is 574. The lowest BCUT2D eigenvalue weighted by Gasteiger charge is -2.27. The molecule has 1 aliphatic rings. The zero-order valence-electron chi connectivity index (χ0n) is 11.4. The van der Waals surface area contributed by atoms with E-state index in [0.717, 1.165) is 6.54 Å². The second-order valence-electron chi connectivity index (χ2n) is 5.81. The van der Waals surface area contributed by atoms with Crippen LogP contribution in [0.5, 0.6) is 0 Å². The summed E-state index contributed by atoms with van der Waals surface area (Å²) in [6.07, 6.45) is 7.45. The monoisotopic (exact) mass is 242 g/mol. The number of hydrogen-bond donors (Lipinski definition) is 1. The van der Waals surface area contributed by atoms with E-state index in [-0.39, 0.29) is 5.41 Å². The quantitative estimate of drug-likeness (QED) is 0.861. The fourth-order valence-electron chi connectivity index (χ4n) is 3.66. The molecule has 2 aromatic rings. The molecular weight excluding hydrogens is 220 g/mol. The predicted octanol–water partition coefficient (Wildman–Crippen LogP) is 3.26. The third kappa shape index (κ3) is 1.52. The largest absolute Gasteiger partial charge is 0.350 e. The van der Waals surface area contributed by atoms with Crippen LogP contribution >= 0.6 is 0 Å². The SMILES string of the molecule is Cc1cccc2c1c(C1(CN)CCCC1)cn2C. The van der Waals surface area contributed by atoms with E-state index in [0.29, 0.717) is 0 Å². The summed E-state index contributed by atoms with van der Waals surface area (Å²) in [5, 5.41) is 1.44. The van der Waals surface area contributed by atoms with E-state index in [1.807, 2.05) is 0 Å². The van der Waals surface area contributed by atoms with Crippen LogP contribution in [0, 0.1) is 6.92 Å². The zero-order valence-corrected chi connectivity index (χ0v) is 11.4. The molecule has 1 aromatic heterocycles. The molecule has 0 bridgehead atoms. The van der Waals surface area contributed by atoms with Crippen LogP contribution < -0.4 is 5.73 Å². The van der Waals surface area contributed by atoms with Gasteiger partial charge in [0.05, 0.1) is 0 Å². The minimum Gasteiger partial charge on any atom is -0.350 e. The average Bonchev–Trinajstić information content (AvgIpc) is 2.96. The molecule has 0 radical (unpaired) electrons. The molecular formula is C16H22N2. The molecule has 96 valence electrons. The lowest BCUT2D eigenvalue weighted by atomic mass is 9.78. The Morgan fingerprint density at radius 3 is 2.67 bits per heavy atom. The third-order valence-corrected chi connectivity index (χ3v) is 4.75. The van der Waals surface area contributed by atoms with Crippen LogP contribution in [0.15, 0.2) is 24.4 Å². The smallest absolute Gasteiger partial charge is 0.0483 e. The molecule has 2 heteroatoms. The first kappa shape index (κ1) is 11.8. The molecule has 18 heavy (non-hydrogen) atoms. The Balaban J connectivity index is 2.29. The minimum absolute atomic E-state index is 0.228. The predicted molar refractivity (Wildman–Crippen MR) is 76.9 cm³/mol. The topological polar surface area (TPSA) is 30.9 Å². The summed E-state index contributed by atoms with van der Waals surface area (Å²) in [7, 11) is 2.14. The molecule has 2 nitrogen and oxygen atoms in total. The summed E-state index contributed by atoms with van der Waals surface area (Å²) < 4.78 is 2.26. The van der Waals surface area contributed by atoms with Gasteiger partial charge in [-0.05, 0) is 37.0 Å². The summed E-state index contributed by atoms with van der Waals surface area (Å²) in [6.45, 7) is 2.99. The number of nitrogens with zero attached hydrogens (tertiary/aromatic N) is 1. The highest BCUT2D eigenvalue weighted by atomic mass is 14.9. The Morgan fingerprint density at radius 2 is 2.00 bits per heavy atom. The van der Waals surface area contributed by atoms with Crippen molar-refractivity contribution < 1.29 is 0 Å². The molecule has 0 atom stereocenters. The van der Waals surface area contributed by atoms with Crippen molar-refractivity contribution >= 4 is 10.9 Å². The van der Waals surface area contributed by atoms with Crippen LogP contribution in [0.1, 0.15) is 36.8 Å². The number of fused-ring (bicyclic) bond motifs is 1. The Labute approximate surface area is 109 Å². The molecule has 0 amide bonds. The van der Waals surface area contributed by atoms with Gasteiger partial charge in [-0.1, -0.05) is 25.0 Å². The molecule has 0 saturated heterocycles. The number of aryl methyl sites for hydroxylation is 2. The van der Waals surface area contributed by atoms with E-state index in [2.05, 4.69) is 42.9 Å². The van der Waals surface area contributed by atoms with Crippen LogP contribution in [-0.4, -0.2) is 11.1 Å². The fourth-order valence-corrected chi connectivity index (χ4v) is 3.66. The highest BCUT2D eigenvalue weighted by Gasteiger charge is 2.36. The molecule has 1 saturated carbocycles. The van der Waals surface area contributed by atoms with Gasteiger partial charge in [-0.25, -0.2) is 0 Å². The van der Waals surface area contributed by atoms with E-state index >= 15 is 0 Å². The van der Waals surface area contributed by atoms with Crippen LogP contribution in [0.4, 0.5) is 0 Å². The summed E-state index contributed by atoms with van der Waals surface area (Å²) in [4.78, 5) is 0. The van der Waals surface area contributed by atoms with Gasteiger partial charge in [0.15, 0.2) is 0 Å². The Hall–Kier alpha value is -1.28. The van der Waals surface area contributed by atoms with Crippen molar-refractivity contribution in [2.24, 2.45) is 12.8 Å². The molecule has 0 aliphatic heterocycles. The number of aromatic nitrogens is 1. The van der Waals surface area contributed by atoms with Gasteiger partial charge < -0.3 is 10.3 Å². The van der Waals surface area contributed by atoms with E-state index in [4.69, 9.17) is 5.73 Å². The summed E-state index contributed by atoms with van der Waals surface area (Å²) in [5.41, 5.74) is 10.6. The maximum Gasteiger partial charge on any atom is 0.0483 e. The maximum absolute atomic E-state index is 6.14. The molecule has 1 fully saturated rings. The van der Waals surface area contributed by atoms with E-state index in [9.17, 15) is 0 Å². The lowest BCUT2D eigenvalue weighted by molar-refractivity contribution is 0.455. The molecule has 1 heterocycles. The molecule has 0 spiro atoms. The third-order valence-electron chi connectivity index (χ3n) is 4.75. The number of benzene rings is 1. The van der Waals surface area contributed by atoms with Gasteiger partial charge in [-0.15, -0.1) is 0 Å². The van der Waals surface area contributed by atoms with Gasteiger partial charge in [0.1, 0.15) is 0 Å².